The molecule has 2 aromatic rings. The Hall–Kier alpha value is -2.77. The van der Waals surface area contributed by atoms with Crippen molar-refractivity contribution in [2.75, 3.05) is 0 Å². The second-order valence-corrected chi connectivity index (χ2v) is 5.54. The molecule has 0 fully saturated rings. The van der Waals surface area contributed by atoms with Crippen LogP contribution in [-0.2, 0) is 16.1 Å². The number of nitrogens with two attached hydrogens (primary N) is 1. The second kappa shape index (κ2) is 10.1. The number of hydrogen-bond acceptors (Lipinski definition) is 5. The van der Waals surface area contributed by atoms with Gasteiger partial charge in [0.05, 0.1) is 0 Å². The smallest absolute Gasteiger partial charge is 0.328 e. The van der Waals surface area contributed by atoms with E-state index in [2.05, 4.69) is 0 Å². The Morgan fingerprint density at radius 2 is 1.62 bits per heavy atom. The maximum Gasteiger partial charge on any atom is 0.328 e. The first-order chi connectivity index (χ1) is 11.4. The minimum Gasteiger partial charge on any atom is -0.508 e. The maximum absolute atomic E-state index is 9.55. The van der Waals surface area contributed by atoms with E-state index in [1.54, 1.807) is 23.9 Å². The van der Waals surface area contributed by atoms with Gasteiger partial charge in [0.25, 0.3) is 0 Å². The fraction of sp³-hybridized carbons (Fsp3) is 0.0588. The Bertz CT molecular complexity index is 714. The molecule has 24 heavy (non-hydrogen) atoms. The van der Waals surface area contributed by atoms with Gasteiger partial charge in [0.15, 0.2) is 0 Å². The summed E-state index contributed by atoms with van der Waals surface area (Å²) in [6, 6.07) is 15.2. The number of aromatic hydroxyl groups is 1. The van der Waals surface area contributed by atoms with Crippen LogP contribution in [0.5, 0.6) is 5.75 Å². The maximum atomic E-state index is 9.55. The second-order valence-electron chi connectivity index (χ2n) is 4.42. The van der Waals surface area contributed by atoms with Crippen LogP contribution in [0.4, 0.5) is 0 Å². The van der Waals surface area contributed by atoms with Crippen molar-refractivity contribution in [1.82, 2.24) is 0 Å². The lowest BCUT2D eigenvalue weighted by Crippen LogP contribution is -1.97. The first kappa shape index (κ1) is 19.3. The normalized spacial score (nSPS) is 10.0. The molecular formula is C17H17NO5S. The molecule has 2 rings (SSSR count). The van der Waals surface area contributed by atoms with Gasteiger partial charge in [-0.25, -0.2) is 9.59 Å². The molecule has 2 aromatic carbocycles. The quantitative estimate of drug-likeness (QED) is 0.614. The molecule has 0 amide bonds. The van der Waals surface area contributed by atoms with E-state index in [0.717, 1.165) is 15.4 Å². The lowest BCUT2D eigenvalue weighted by Gasteiger charge is -2.07. The fourth-order valence-electron chi connectivity index (χ4n) is 1.59. The fourth-order valence-corrected chi connectivity index (χ4v) is 2.60. The molecule has 7 heteroatoms. The van der Waals surface area contributed by atoms with E-state index in [4.69, 9.17) is 15.9 Å². The van der Waals surface area contributed by atoms with Crippen LogP contribution in [-0.4, -0.2) is 27.3 Å². The number of aliphatic carboxylic acids is 2. The molecule has 0 atom stereocenters. The molecule has 5 N–H and O–H groups in total. The molecule has 126 valence electrons. The van der Waals surface area contributed by atoms with Crippen molar-refractivity contribution in [2.45, 2.75) is 16.3 Å². The Labute approximate surface area is 143 Å². The Morgan fingerprint density at radius 1 is 1.00 bits per heavy atom. The van der Waals surface area contributed by atoms with E-state index in [1.165, 1.54) is 0 Å². The van der Waals surface area contributed by atoms with Crippen LogP contribution in [0.3, 0.4) is 0 Å². The third-order valence-corrected chi connectivity index (χ3v) is 3.71. The van der Waals surface area contributed by atoms with E-state index >= 15 is 0 Å². The molecule has 6 nitrogen and oxygen atoms in total. The van der Waals surface area contributed by atoms with Crippen LogP contribution in [0.25, 0.3) is 0 Å². The van der Waals surface area contributed by atoms with Crippen LogP contribution in [0, 0.1) is 0 Å². The van der Waals surface area contributed by atoms with Crippen molar-refractivity contribution >= 4 is 23.7 Å². The first-order valence-corrected chi connectivity index (χ1v) is 7.63. The van der Waals surface area contributed by atoms with Crippen molar-refractivity contribution in [2.24, 2.45) is 5.73 Å². The summed E-state index contributed by atoms with van der Waals surface area (Å²) in [5.41, 5.74) is 6.79. The summed E-state index contributed by atoms with van der Waals surface area (Å²) in [6.45, 7) is 0.530. The summed E-state index contributed by atoms with van der Waals surface area (Å²) in [5.74, 6) is -2.23. The Balaban J connectivity index is 0.000000307. The minimum atomic E-state index is -1.26. The highest BCUT2D eigenvalue weighted by atomic mass is 32.2. The molecule has 0 heterocycles. The molecule has 0 radical (unpaired) electrons. The third-order valence-electron chi connectivity index (χ3n) is 2.61. The highest BCUT2D eigenvalue weighted by Gasteiger charge is 2.02. The van der Waals surface area contributed by atoms with Crippen LogP contribution >= 0.6 is 11.8 Å². The van der Waals surface area contributed by atoms with Crippen LogP contribution in [0.2, 0.25) is 0 Å². The predicted molar refractivity (Wildman–Crippen MR) is 91.0 cm³/mol. The average Bonchev–Trinajstić information content (AvgIpc) is 2.54. The van der Waals surface area contributed by atoms with Gasteiger partial charge in [0, 0.05) is 28.5 Å². The van der Waals surface area contributed by atoms with E-state index in [-0.39, 0.29) is 5.75 Å². The average molecular weight is 347 g/mol. The summed E-state index contributed by atoms with van der Waals surface area (Å²) >= 11 is 1.61. The molecule has 0 saturated carbocycles. The summed E-state index contributed by atoms with van der Waals surface area (Å²) in [4.78, 5) is 21.3. The van der Waals surface area contributed by atoms with Crippen molar-refractivity contribution < 1.29 is 24.9 Å². The van der Waals surface area contributed by atoms with E-state index in [0.29, 0.717) is 18.7 Å². The number of carbonyl (C=O) groups is 2. The van der Waals surface area contributed by atoms with Crippen molar-refractivity contribution in [3.8, 4) is 5.75 Å². The monoisotopic (exact) mass is 347 g/mol. The van der Waals surface area contributed by atoms with Crippen LogP contribution in [0.15, 0.2) is 70.5 Å². The van der Waals surface area contributed by atoms with Gasteiger partial charge in [-0.1, -0.05) is 36.0 Å². The number of phenols is 1. The first-order valence-electron chi connectivity index (χ1n) is 6.81. The summed E-state index contributed by atoms with van der Waals surface area (Å²) in [7, 11) is 0. The Kier molecular flexibility index (Phi) is 8.10. The lowest BCUT2D eigenvalue weighted by atomic mass is 10.2. The zero-order valence-electron chi connectivity index (χ0n) is 12.6. The van der Waals surface area contributed by atoms with E-state index in [9.17, 15) is 14.7 Å². The van der Waals surface area contributed by atoms with E-state index in [1.807, 2.05) is 36.4 Å². The topological polar surface area (TPSA) is 121 Å². The predicted octanol–water partition coefficient (Wildman–Crippen LogP) is 2.71. The number of carboxylic acids is 2. The third kappa shape index (κ3) is 7.48. The van der Waals surface area contributed by atoms with Crippen LogP contribution in [0.1, 0.15) is 5.56 Å². The number of benzene rings is 2. The van der Waals surface area contributed by atoms with Gasteiger partial charge < -0.3 is 21.1 Å². The molecular weight excluding hydrogens is 330 g/mol. The van der Waals surface area contributed by atoms with Crippen LogP contribution < -0.4 is 5.73 Å². The summed E-state index contributed by atoms with van der Waals surface area (Å²) < 4.78 is 0. The summed E-state index contributed by atoms with van der Waals surface area (Å²) in [5, 5.41) is 25.0. The SMILES string of the molecule is NCc1ccccc1Sc1cccc(O)c1.O=C(O)/C=C/C(=O)O. The van der Waals surface area contributed by atoms with Gasteiger partial charge in [-0.3, -0.25) is 0 Å². The largest absolute Gasteiger partial charge is 0.508 e. The van der Waals surface area contributed by atoms with Gasteiger partial charge in [0.1, 0.15) is 5.75 Å². The highest BCUT2D eigenvalue weighted by Crippen LogP contribution is 2.31. The molecule has 0 saturated heterocycles. The van der Waals surface area contributed by atoms with Crippen molar-refractivity contribution in [3.05, 3.63) is 66.2 Å². The van der Waals surface area contributed by atoms with Gasteiger partial charge in [0.2, 0.25) is 0 Å². The molecule has 0 aliphatic rings. The molecule has 0 aliphatic carbocycles. The standard InChI is InChI=1S/C13H13NOS.C4H4O4/c14-9-10-4-1-2-7-13(10)16-12-6-3-5-11(15)8-12;5-3(6)1-2-4(7)8/h1-8,15H,9,14H2;1-2H,(H,5,6)(H,7,8)/b;2-1+. The van der Waals surface area contributed by atoms with Crippen molar-refractivity contribution in [3.63, 3.8) is 0 Å². The van der Waals surface area contributed by atoms with Gasteiger partial charge in [-0.15, -0.1) is 0 Å². The lowest BCUT2D eigenvalue weighted by molar-refractivity contribution is -0.134. The highest BCUT2D eigenvalue weighted by molar-refractivity contribution is 7.99. The number of phenolic OH excluding ortho intramolecular Hbond substituents is 1. The minimum absolute atomic E-state index is 0.287. The number of carboxylic acid groups (broad SMARTS) is 2. The van der Waals surface area contributed by atoms with Gasteiger partial charge in [-0.2, -0.15) is 0 Å². The molecule has 0 aromatic heterocycles. The number of rotatable bonds is 5. The molecule has 0 unspecified atom stereocenters. The van der Waals surface area contributed by atoms with Gasteiger partial charge >= 0.3 is 11.9 Å². The molecule has 0 bridgehead atoms. The summed E-state index contributed by atoms with van der Waals surface area (Å²) in [6.07, 6.45) is 1.12. The molecule has 0 spiro atoms. The van der Waals surface area contributed by atoms with Gasteiger partial charge in [-0.05, 0) is 29.8 Å². The molecule has 0 aliphatic heterocycles. The Morgan fingerprint density at radius 3 is 2.17 bits per heavy atom. The van der Waals surface area contributed by atoms with Crippen molar-refractivity contribution in [1.29, 1.82) is 0 Å². The van der Waals surface area contributed by atoms with E-state index < -0.39 is 11.9 Å². The number of hydrogen-bond donors (Lipinski definition) is 4. The zero-order valence-corrected chi connectivity index (χ0v) is 13.4. The zero-order chi connectivity index (χ0) is 17.9.